The molecule has 4 rings (SSSR count). The average molecular weight is 306 g/mol. The molecular weight excluding hydrogens is 284 g/mol. The van der Waals surface area contributed by atoms with Crippen LogP contribution in [0, 0.1) is 0 Å². The Morgan fingerprint density at radius 3 is 2.65 bits per heavy atom. The summed E-state index contributed by atoms with van der Waals surface area (Å²) < 4.78 is 6.38. The number of nitrogens with zero attached hydrogens (tertiary/aromatic N) is 1. The van der Waals surface area contributed by atoms with Gasteiger partial charge in [-0.3, -0.25) is 0 Å². The number of allylic oxidation sites excluding steroid dienone is 5. The first-order chi connectivity index (χ1) is 11.3. The summed E-state index contributed by atoms with van der Waals surface area (Å²) in [6, 6.07) is 10.5. The monoisotopic (exact) mass is 306 g/mol. The van der Waals surface area contributed by atoms with Gasteiger partial charge in [-0.05, 0) is 24.0 Å². The fraction of sp³-hybridized carbons (Fsp3) is 0.300. The molecule has 2 aliphatic heterocycles. The number of piperazine rings is 1. The van der Waals surface area contributed by atoms with Gasteiger partial charge in [0.1, 0.15) is 5.76 Å². The van der Waals surface area contributed by atoms with E-state index in [9.17, 15) is 0 Å². The van der Waals surface area contributed by atoms with E-state index in [4.69, 9.17) is 4.74 Å². The van der Waals surface area contributed by atoms with Gasteiger partial charge in [0.15, 0.2) is 5.88 Å². The smallest absolute Gasteiger partial charge is 0.196 e. The molecule has 1 aromatic carbocycles. The van der Waals surface area contributed by atoms with Gasteiger partial charge < -0.3 is 15.0 Å². The van der Waals surface area contributed by atoms with Gasteiger partial charge in [0.2, 0.25) is 0 Å². The third-order valence-corrected chi connectivity index (χ3v) is 4.67. The highest BCUT2D eigenvalue weighted by molar-refractivity contribution is 5.81. The van der Waals surface area contributed by atoms with E-state index in [0.717, 1.165) is 56.2 Å². The van der Waals surface area contributed by atoms with E-state index in [-0.39, 0.29) is 0 Å². The Hall–Kier alpha value is -2.26. The molecule has 3 nitrogen and oxygen atoms in total. The van der Waals surface area contributed by atoms with Crippen LogP contribution in [0.25, 0.3) is 5.57 Å². The zero-order valence-electron chi connectivity index (χ0n) is 13.3. The van der Waals surface area contributed by atoms with Crippen LogP contribution in [0.4, 0.5) is 0 Å². The van der Waals surface area contributed by atoms with Crippen LogP contribution in [0.15, 0.2) is 71.9 Å². The Balaban J connectivity index is 1.66. The number of hydrogen-bond donors (Lipinski definition) is 1. The minimum Gasteiger partial charge on any atom is -0.440 e. The second-order valence-corrected chi connectivity index (χ2v) is 6.18. The van der Waals surface area contributed by atoms with Gasteiger partial charge in [-0.25, -0.2) is 0 Å². The van der Waals surface area contributed by atoms with Crippen LogP contribution in [0.5, 0.6) is 0 Å². The van der Waals surface area contributed by atoms with Crippen molar-refractivity contribution in [3.8, 4) is 0 Å². The number of hydrogen-bond acceptors (Lipinski definition) is 3. The molecule has 3 aliphatic rings. The molecule has 0 aromatic heterocycles. The van der Waals surface area contributed by atoms with E-state index >= 15 is 0 Å². The highest BCUT2D eigenvalue weighted by Crippen LogP contribution is 2.40. The van der Waals surface area contributed by atoms with Gasteiger partial charge in [-0.1, -0.05) is 43.0 Å². The second kappa shape index (κ2) is 6.09. The molecule has 2 heterocycles. The number of rotatable bonds is 2. The first kappa shape index (κ1) is 14.3. The Morgan fingerprint density at radius 2 is 1.87 bits per heavy atom. The Kier molecular flexibility index (Phi) is 3.80. The third kappa shape index (κ3) is 2.73. The molecule has 1 aliphatic carbocycles. The van der Waals surface area contributed by atoms with Crippen molar-refractivity contribution >= 4 is 5.57 Å². The standard InChI is InChI=1S/C20H22N2O/c1-15-14-19(22-12-10-21-11-13-22)23-20-17(15)8-5-9-18(20)16-6-3-2-4-7-16/h2-4,6-7,9,14,21H,1,5,8,10-13H2. The summed E-state index contributed by atoms with van der Waals surface area (Å²) in [5, 5.41) is 3.39. The lowest BCUT2D eigenvalue weighted by Gasteiger charge is -2.35. The first-order valence-electron chi connectivity index (χ1n) is 8.36. The molecule has 1 N–H and O–H groups in total. The quantitative estimate of drug-likeness (QED) is 0.906. The SMILES string of the molecule is C=C1C=C(N2CCNCC2)OC2=C1CCC=C2c1ccccc1. The van der Waals surface area contributed by atoms with Crippen LogP contribution in [0.2, 0.25) is 0 Å². The predicted molar refractivity (Wildman–Crippen MR) is 93.4 cm³/mol. The maximum absolute atomic E-state index is 6.38. The minimum atomic E-state index is 0.944. The molecule has 118 valence electrons. The molecule has 0 atom stereocenters. The van der Waals surface area contributed by atoms with Crippen molar-refractivity contribution in [1.82, 2.24) is 10.2 Å². The van der Waals surface area contributed by atoms with Crippen LogP contribution < -0.4 is 5.32 Å². The lowest BCUT2D eigenvalue weighted by Crippen LogP contribution is -2.43. The Bertz CT molecular complexity index is 706. The van der Waals surface area contributed by atoms with Gasteiger partial charge in [0, 0.05) is 43.4 Å². The van der Waals surface area contributed by atoms with Crippen LogP contribution in [0.3, 0.4) is 0 Å². The molecule has 0 bridgehead atoms. The van der Waals surface area contributed by atoms with Crippen molar-refractivity contribution < 1.29 is 4.74 Å². The summed E-state index contributed by atoms with van der Waals surface area (Å²) in [4.78, 5) is 2.31. The molecule has 0 unspecified atom stereocenters. The fourth-order valence-electron chi connectivity index (χ4n) is 3.43. The maximum Gasteiger partial charge on any atom is 0.196 e. The molecule has 1 aromatic rings. The number of nitrogens with one attached hydrogen (secondary N) is 1. The second-order valence-electron chi connectivity index (χ2n) is 6.18. The van der Waals surface area contributed by atoms with Crippen molar-refractivity contribution in [3.63, 3.8) is 0 Å². The lowest BCUT2D eigenvalue weighted by molar-refractivity contribution is 0.151. The predicted octanol–water partition coefficient (Wildman–Crippen LogP) is 3.45. The molecule has 1 fully saturated rings. The molecule has 0 amide bonds. The fourth-order valence-corrected chi connectivity index (χ4v) is 3.43. The first-order valence-corrected chi connectivity index (χ1v) is 8.36. The van der Waals surface area contributed by atoms with E-state index in [1.807, 2.05) is 0 Å². The van der Waals surface area contributed by atoms with Gasteiger partial charge in [0.05, 0.1) is 0 Å². The molecule has 0 spiro atoms. The van der Waals surface area contributed by atoms with E-state index in [1.54, 1.807) is 0 Å². The molecule has 1 saturated heterocycles. The molecule has 23 heavy (non-hydrogen) atoms. The third-order valence-electron chi connectivity index (χ3n) is 4.67. The zero-order chi connectivity index (χ0) is 15.6. The van der Waals surface area contributed by atoms with E-state index < -0.39 is 0 Å². The molecule has 0 saturated carbocycles. The minimum absolute atomic E-state index is 0.944. The average Bonchev–Trinajstić information content (AvgIpc) is 2.63. The topological polar surface area (TPSA) is 24.5 Å². The van der Waals surface area contributed by atoms with E-state index in [0.29, 0.717) is 0 Å². The Morgan fingerprint density at radius 1 is 1.09 bits per heavy atom. The molecular formula is C20H22N2O. The van der Waals surface area contributed by atoms with Gasteiger partial charge in [0.25, 0.3) is 0 Å². The highest BCUT2D eigenvalue weighted by Gasteiger charge is 2.27. The Labute approximate surface area is 137 Å². The van der Waals surface area contributed by atoms with Crippen LogP contribution >= 0.6 is 0 Å². The van der Waals surface area contributed by atoms with Crippen molar-refractivity contribution in [1.29, 1.82) is 0 Å². The van der Waals surface area contributed by atoms with Crippen molar-refractivity contribution in [2.45, 2.75) is 12.8 Å². The van der Waals surface area contributed by atoms with Crippen LogP contribution in [0.1, 0.15) is 18.4 Å². The summed E-state index contributed by atoms with van der Waals surface area (Å²) in [6.45, 7) is 8.25. The number of benzene rings is 1. The van der Waals surface area contributed by atoms with E-state index in [2.05, 4.69) is 59.3 Å². The van der Waals surface area contributed by atoms with Crippen molar-refractivity contribution in [2.75, 3.05) is 26.2 Å². The van der Waals surface area contributed by atoms with E-state index in [1.165, 1.54) is 16.7 Å². The van der Waals surface area contributed by atoms with Crippen molar-refractivity contribution in [2.24, 2.45) is 0 Å². The lowest BCUT2D eigenvalue weighted by atomic mass is 9.88. The number of ether oxygens (including phenoxy) is 1. The van der Waals surface area contributed by atoms with Gasteiger partial charge in [-0.15, -0.1) is 0 Å². The summed E-state index contributed by atoms with van der Waals surface area (Å²) >= 11 is 0. The maximum atomic E-state index is 6.38. The van der Waals surface area contributed by atoms with Crippen molar-refractivity contribution in [3.05, 3.63) is 77.4 Å². The zero-order valence-corrected chi connectivity index (χ0v) is 13.3. The highest BCUT2D eigenvalue weighted by atomic mass is 16.5. The summed E-state index contributed by atoms with van der Waals surface area (Å²) in [5.41, 5.74) is 4.77. The van der Waals surface area contributed by atoms with Crippen LogP contribution in [-0.4, -0.2) is 31.1 Å². The van der Waals surface area contributed by atoms with Crippen LogP contribution in [-0.2, 0) is 4.74 Å². The van der Waals surface area contributed by atoms with Gasteiger partial charge >= 0.3 is 0 Å². The summed E-state index contributed by atoms with van der Waals surface area (Å²) in [7, 11) is 0. The summed E-state index contributed by atoms with van der Waals surface area (Å²) in [6.07, 6.45) is 6.46. The largest absolute Gasteiger partial charge is 0.440 e. The summed E-state index contributed by atoms with van der Waals surface area (Å²) in [5.74, 6) is 1.95. The molecule has 0 radical (unpaired) electrons. The molecule has 3 heteroatoms. The normalized spacial score (nSPS) is 21.4. The van der Waals surface area contributed by atoms with Gasteiger partial charge in [-0.2, -0.15) is 0 Å².